The molecule has 0 saturated carbocycles. The van der Waals surface area contributed by atoms with Crippen molar-refractivity contribution in [3.63, 3.8) is 0 Å². The zero-order valence-electron chi connectivity index (χ0n) is 23.4. The van der Waals surface area contributed by atoms with Crippen molar-refractivity contribution in [1.29, 1.82) is 0 Å². The van der Waals surface area contributed by atoms with Gasteiger partial charge in [-0.25, -0.2) is 0 Å². The Hall–Kier alpha value is -2.80. The van der Waals surface area contributed by atoms with Crippen LogP contribution in [0.3, 0.4) is 0 Å². The molecule has 38 heavy (non-hydrogen) atoms. The van der Waals surface area contributed by atoms with Gasteiger partial charge in [0, 0.05) is 32.8 Å². The number of hydrogen-bond acceptors (Lipinski definition) is 6. The van der Waals surface area contributed by atoms with Crippen LogP contribution in [0.2, 0.25) is 0 Å². The zero-order chi connectivity index (χ0) is 26.9. The molecule has 0 spiro atoms. The van der Waals surface area contributed by atoms with E-state index in [4.69, 9.17) is 14.2 Å². The van der Waals surface area contributed by atoms with E-state index in [1.807, 2.05) is 12.1 Å². The largest absolute Gasteiger partial charge is 0.508 e. The molecule has 0 radical (unpaired) electrons. The third-order valence-electron chi connectivity index (χ3n) is 8.00. The Bertz CT molecular complexity index is 1080. The van der Waals surface area contributed by atoms with Crippen molar-refractivity contribution in [3.8, 4) is 11.5 Å². The average molecular weight is 521 g/mol. The van der Waals surface area contributed by atoms with Crippen LogP contribution in [0.5, 0.6) is 11.5 Å². The number of phenolic OH excluding ortho intramolecular Hbond substituents is 1. The Morgan fingerprint density at radius 1 is 1.00 bits per heavy atom. The van der Waals surface area contributed by atoms with E-state index in [0.717, 1.165) is 63.6 Å². The van der Waals surface area contributed by atoms with Gasteiger partial charge in [-0.1, -0.05) is 31.2 Å². The first-order valence-electron chi connectivity index (χ1n) is 13.9. The molecule has 0 fully saturated rings. The van der Waals surface area contributed by atoms with Crippen molar-refractivity contribution in [2.24, 2.45) is 11.8 Å². The zero-order valence-corrected chi connectivity index (χ0v) is 23.4. The topological polar surface area (TPSA) is 54.4 Å². The van der Waals surface area contributed by atoms with Gasteiger partial charge in [-0.2, -0.15) is 0 Å². The maximum absolute atomic E-state index is 9.90. The number of rotatable bonds is 13. The molecule has 6 heteroatoms. The number of methoxy groups -OCH3 is 2. The number of aromatic hydroxyl groups is 1. The lowest BCUT2D eigenvalue weighted by atomic mass is 9.72. The molecule has 0 saturated heterocycles. The molecule has 3 atom stereocenters. The number of aryl methyl sites for hydroxylation is 1. The summed E-state index contributed by atoms with van der Waals surface area (Å²) in [5.74, 6) is 3.17. The van der Waals surface area contributed by atoms with Crippen molar-refractivity contribution in [1.82, 2.24) is 9.80 Å². The van der Waals surface area contributed by atoms with Crippen LogP contribution >= 0.6 is 0 Å². The fourth-order valence-corrected chi connectivity index (χ4v) is 5.71. The molecule has 0 aromatic heterocycles. The number of fused-ring (bicyclic) bond motifs is 1. The van der Waals surface area contributed by atoms with E-state index in [9.17, 15) is 5.11 Å². The van der Waals surface area contributed by atoms with Gasteiger partial charge in [0.05, 0.1) is 13.7 Å². The highest BCUT2D eigenvalue weighted by Crippen LogP contribution is 2.38. The van der Waals surface area contributed by atoms with Gasteiger partial charge in [-0.15, -0.1) is 0 Å². The molecular weight excluding hydrogens is 476 g/mol. The van der Waals surface area contributed by atoms with Gasteiger partial charge >= 0.3 is 0 Å². The highest BCUT2D eigenvalue weighted by Gasteiger charge is 2.34. The van der Waals surface area contributed by atoms with Crippen molar-refractivity contribution >= 4 is 0 Å². The normalized spacial score (nSPS) is 20.9. The molecule has 2 aromatic carbocycles. The van der Waals surface area contributed by atoms with E-state index in [0.29, 0.717) is 24.2 Å². The average Bonchev–Trinajstić information content (AvgIpc) is 2.95. The summed E-state index contributed by atoms with van der Waals surface area (Å²) in [4.78, 5) is 4.77. The minimum atomic E-state index is 0.266. The van der Waals surface area contributed by atoms with Gasteiger partial charge in [-0.05, 0) is 97.8 Å². The second-order valence-corrected chi connectivity index (χ2v) is 10.5. The summed E-state index contributed by atoms with van der Waals surface area (Å²) in [6, 6.07) is 14.7. The van der Waals surface area contributed by atoms with Gasteiger partial charge in [0.25, 0.3) is 0 Å². The van der Waals surface area contributed by atoms with E-state index >= 15 is 0 Å². The van der Waals surface area contributed by atoms with E-state index in [2.05, 4.69) is 72.3 Å². The molecular formula is C32H44N2O4. The number of likely N-dealkylation sites (N-methyl/N-ethyl adjacent to an activating group) is 2. The summed E-state index contributed by atoms with van der Waals surface area (Å²) in [7, 11) is 5.56. The molecule has 206 valence electrons. The Morgan fingerprint density at radius 2 is 1.79 bits per heavy atom. The molecule has 2 aliphatic carbocycles. The number of hydrogen-bond donors (Lipinski definition) is 1. The van der Waals surface area contributed by atoms with Crippen LogP contribution in [0.1, 0.15) is 30.0 Å². The first kappa shape index (κ1) is 28.2. The number of benzene rings is 2. The fraction of sp³-hybridized carbons (Fsp3) is 0.500. The van der Waals surface area contributed by atoms with E-state index < -0.39 is 0 Å². The van der Waals surface area contributed by atoms with Crippen LogP contribution in [-0.4, -0.2) is 75.1 Å². The van der Waals surface area contributed by atoms with Gasteiger partial charge in [-0.3, -0.25) is 4.90 Å². The first-order valence-corrected chi connectivity index (χ1v) is 13.9. The molecule has 4 rings (SSSR count). The smallest absolute Gasteiger partial charge is 0.119 e. The Morgan fingerprint density at radius 3 is 2.53 bits per heavy atom. The van der Waals surface area contributed by atoms with Crippen LogP contribution < -0.4 is 4.74 Å². The molecule has 2 aromatic rings. The standard InChI is InChI=1S/C32H44N2O4/c1-5-34(23-24-6-12-29(13-7-24)38-19-17-33(2)16-18-36-3)32-22-30(37-4)14-15-31(32)27-9-8-26-21-28(35)11-10-25(26)20-27/h6-7,10-15,21-22,27,31-32,35H,5,8-9,16-20,23H2,1-4H3/t27-,31?,32?/m1/s1. The van der Waals surface area contributed by atoms with Gasteiger partial charge < -0.3 is 24.2 Å². The van der Waals surface area contributed by atoms with Crippen LogP contribution in [0, 0.1) is 11.8 Å². The van der Waals surface area contributed by atoms with Crippen LogP contribution in [0.15, 0.2) is 66.5 Å². The number of nitrogens with zero attached hydrogens (tertiary/aromatic N) is 2. The Kier molecular flexibility index (Phi) is 10.3. The summed E-state index contributed by atoms with van der Waals surface area (Å²) in [5, 5.41) is 9.90. The number of ether oxygens (including phenoxy) is 3. The fourth-order valence-electron chi connectivity index (χ4n) is 5.71. The third-order valence-corrected chi connectivity index (χ3v) is 8.00. The number of allylic oxidation sites excluding steroid dienone is 1. The predicted molar refractivity (Wildman–Crippen MR) is 153 cm³/mol. The van der Waals surface area contributed by atoms with Crippen molar-refractivity contribution in [3.05, 3.63) is 83.1 Å². The molecule has 1 N–H and O–H groups in total. The van der Waals surface area contributed by atoms with Gasteiger partial charge in [0.1, 0.15) is 23.9 Å². The van der Waals surface area contributed by atoms with Crippen molar-refractivity contribution in [2.45, 2.75) is 38.8 Å². The molecule has 6 nitrogen and oxygen atoms in total. The minimum absolute atomic E-state index is 0.266. The molecule has 0 heterocycles. The predicted octanol–water partition coefficient (Wildman–Crippen LogP) is 5.06. The maximum atomic E-state index is 9.90. The SMILES string of the molecule is CCN(Cc1ccc(OCCN(C)CCOC)cc1)C1C=C(OC)C=CC1[C@@H]1CCc2cc(O)ccc2C1. The summed E-state index contributed by atoms with van der Waals surface area (Å²) < 4.78 is 16.8. The van der Waals surface area contributed by atoms with Crippen LogP contribution in [0.25, 0.3) is 0 Å². The van der Waals surface area contributed by atoms with Crippen molar-refractivity contribution < 1.29 is 19.3 Å². The van der Waals surface area contributed by atoms with Crippen LogP contribution in [0.4, 0.5) is 0 Å². The second-order valence-electron chi connectivity index (χ2n) is 10.5. The lowest BCUT2D eigenvalue weighted by molar-refractivity contribution is 0.147. The Labute approximate surface area is 228 Å². The summed E-state index contributed by atoms with van der Waals surface area (Å²) >= 11 is 0. The molecule has 0 bridgehead atoms. The second kappa shape index (κ2) is 13.8. The highest BCUT2D eigenvalue weighted by molar-refractivity contribution is 5.37. The molecule has 0 aliphatic heterocycles. The molecule has 0 amide bonds. The Balaban J connectivity index is 1.40. The molecule has 2 aliphatic rings. The van der Waals surface area contributed by atoms with Gasteiger partial charge in [0.2, 0.25) is 0 Å². The highest BCUT2D eigenvalue weighted by atomic mass is 16.5. The van der Waals surface area contributed by atoms with Crippen LogP contribution in [-0.2, 0) is 28.9 Å². The quantitative estimate of drug-likeness (QED) is 0.398. The van der Waals surface area contributed by atoms with E-state index in [1.54, 1.807) is 14.2 Å². The summed E-state index contributed by atoms with van der Waals surface area (Å²) in [6.07, 6.45) is 9.99. The monoisotopic (exact) mass is 520 g/mol. The summed E-state index contributed by atoms with van der Waals surface area (Å²) in [5.41, 5.74) is 3.94. The first-order chi connectivity index (χ1) is 18.5. The maximum Gasteiger partial charge on any atom is 0.119 e. The lowest BCUT2D eigenvalue weighted by Gasteiger charge is -2.41. The number of phenols is 1. The summed E-state index contributed by atoms with van der Waals surface area (Å²) in [6.45, 7) is 7.22. The minimum Gasteiger partial charge on any atom is -0.508 e. The lowest BCUT2D eigenvalue weighted by Crippen LogP contribution is -2.43. The van der Waals surface area contributed by atoms with Gasteiger partial charge in [0.15, 0.2) is 0 Å². The van der Waals surface area contributed by atoms with E-state index in [-0.39, 0.29) is 6.04 Å². The molecule has 2 unspecified atom stereocenters. The van der Waals surface area contributed by atoms with Crippen molar-refractivity contribution in [2.75, 3.05) is 54.1 Å². The third kappa shape index (κ3) is 7.40. The van der Waals surface area contributed by atoms with E-state index in [1.165, 1.54) is 16.7 Å².